The number of hydrogen-bond acceptors (Lipinski definition) is 5. The van der Waals surface area contributed by atoms with Crippen LogP contribution in [0.15, 0.2) is 78.1 Å². The molecule has 2 aliphatic heterocycles. The predicted octanol–water partition coefficient (Wildman–Crippen LogP) is 4.29. The maximum Gasteiger partial charge on any atom is 0.142 e. The molecule has 0 radical (unpaired) electrons. The van der Waals surface area contributed by atoms with Crippen molar-refractivity contribution in [1.82, 2.24) is 9.58 Å². The molecule has 6 nitrogen and oxygen atoms in total. The molecule has 3 aromatic rings. The summed E-state index contributed by atoms with van der Waals surface area (Å²) in [5.74, 6) is 0.949. The van der Waals surface area contributed by atoms with E-state index < -0.39 is 0 Å². The zero-order valence-corrected chi connectivity index (χ0v) is 19.4. The molecule has 3 heterocycles. The van der Waals surface area contributed by atoms with E-state index in [2.05, 4.69) is 86.1 Å². The molecule has 33 heavy (non-hydrogen) atoms. The Hall–Kier alpha value is -3.51. The van der Waals surface area contributed by atoms with Crippen LogP contribution in [0.1, 0.15) is 11.3 Å². The van der Waals surface area contributed by atoms with Crippen molar-refractivity contribution in [2.24, 2.45) is 4.99 Å². The molecule has 0 N–H and O–H groups in total. The smallest absolute Gasteiger partial charge is 0.142 e. The highest BCUT2D eigenvalue weighted by atomic mass is 16.5. The number of para-hydroxylation sites is 2. The Kier molecular flexibility index (Phi) is 6.17. The van der Waals surface area contributed by atoms with Crippen LogP contribution in [0, 0.1) is 6.92 Å². The second-order valence-corrected chi connectivity index (χ2v) is 8.50. The van der Waals surface area contributed by atoms with Gasteiger partial charge in [0.05, 0.1) is 25.0 Å². The third kappa shape index (κ3) is 4.39. The Morgan fingerprint density at radius 3 is 2.42 bits per heavy atom. The molecule has 170 valence electrons. The number of hydrogen-bond donors (Lipinski definition) is 0. The predicted molar refractivity (Wildman–Crippen MR) is 136 cm³/mol. The second kappa shape index (κ2) is 9.55. The lowest BCUT2D eigenvalue weighted by Crippen LogP contribution is -2.46. The topological polar surface area (TPSA) is 36.2 Å². The van der Waals surface area contributed by atoms with Gasteiger partial charge in [0.1, 0.15) is 5.75 Å². The standard InChI is InChI=1S/C27H31N5O/c1-22-24(21-29-16-18-30(19-17-29)25-10-6-7-11-27(25)33-2)20-26(23-8-4-3-5-9-23)32(22)31-14-12-28-13-15-31/h3-14,20H,15-19,21H2,1-2H3. The number of aromatic nitrogens is 1. The van der Waals surface area contributed by atoms with Gasteiger partial charge in [0.2, 0.25) is 0 Å². The summed E-state index contributed by atoms with van der Waals surface area (Å²) in [5.41, 5.74) is 6.28. The van der Waals surface area contributed by atoms with Crippen LogP contribution < -0.4 is 14.6 Å². The Bertz CT molecular complexity index is 1140. The highest BCUT2D eigenvalue weighted by molar-refractivity contribution is 5.68. The third-order valence-electron chi connectivity index (χ3n) is 6.54. The van der Waals surface area contributed by atoms with Crippen molar-refractivity contribution in [3.05, 3.63) is 84.3 Å². The van der Waals surface area contributed by atoms with Crippen molar-refractivity contribution >= 4 is 11.9 Å². The number of rotatable bonds is 6. The van der Waals surface area contributed by atoms with Crippen molar-refractivity contribution in [1.29, 1.82) is 0 Å². The first-order valence-electron chi connectivity index (χ1n) is 11.6. The summed E-state index contributed by atoms with van der Waals surface area (Å²) in [5, 5.41) is 2.23. The Morgan fingerprint density at radius 1 is 0.939 bits per heavy atom. The van der Waals surface area contributed by atoms with Crippen LogP contribution in [0.4, 0.5) is 5.69 Å². The van der Waals surface area contributed by atoms with Crippen LogP contribution in [0.3, 0.4) is 0 Å². The van der Waals surface area contributed by atoms with Gasteiger partial charge in [-0.15, -0.1) is 0 Å². The lowest BCUT2D eigenvalue weighted by Gasteiger charge is -2.36. The van der Waals surface area contributed by atoms with Gasteiger partial charge in [-0.3, -0.25) is 19.6 Å². The van der Waals surface area contributed by atoms with Crippen molar-refractivity contribution < 1.29 is 4.74 Å². The lowest BCUT2D eigenvalue weighted by molar-refractivity contribution is 0.248. The van der Waals surface area contributed by atoms with E-state index in [0.29, 0.717) is 0 Å². The SMILES string of the molecule is COc1ccccc1N1CCN(Cc2cc(-c3ccccc3)n(N3C=CN=CC3)c2C)CC1. The van der Waals surface area contributed by atoms with Gasteiger partial charge in [0.15, 0.2) is 0 Å². The zero-order chi connectivity index (χ0) is 22.6. The van der Waals surface area contributed by atoms with E-state index in [1.165, 1.54) is 28.2 Å². The Morgan fingerprint density at radius 2 is 1.70 bits per heavy atom. The number of benzene rings is 2. The van der Waals surface area contributed by atoms with Crippen LogP contribution in [-0.2, 0) is 6.54 Å². The molecular formula is C27H31N5O. The van der Waals surface area contributed by atoms with Gasteiger partial charge in [0.25, 0.3) is 0 Å². The van der Waals surface area contributed by atoms with E-state index in [0.717, 1.165) is 45.0 Å². The number of piperazine rings is 1. The summed E-state index contributed by atoms with van der Waals surface area (Å²) < 4.78 is 7.91. The number of nitrogens with zero attached hydrogens (tertiary/aromatic N) is 5. The van der Waals surface area contributed by atoms with E-state index in [9.17, 15) is 0 Å². The first-order chi connectivity index (χ1) is 16.2. The fourth-order valence-corrected chi connectivity index (χ4v) is 4.75. The van der Waals surface area contributed by atoms with Gasteiger partial charge in [-0.05, 0) is 30.7 Å². The average Bonchev–Trinajstić information content (AvgIpc) is 3.21. The highest BCUT2D eigenvalue weighted by Gasteiger charge is 2.23. The lowest BCUT2D eigenvalue weighted by atomic mass is 10.1. The maximum absolute atomic E-state index is 5.57. The number of ether oxygens (including phenoxy) is 1. The molecule has 0 atom stereocenters. The van der Waals surface area contributed by atoms with Crippen molar-refractivity contribution in [3.63, 3.8) is 0 Å². The van der Waals surface area contributed by atoms with E-state index >= 15 is 0 Å². The fourth-order valence-electron chi connectivity index (χ4n) is 4.75. The van der Waals surface area contributed by atoms with Crippen molar-refractivity contribution in [2.75, 3.05) is 49.7 Å². The normalized spacial score (nSPS) is 16.4. The van der Waals surface area contributed by atoms with E-state index in [4.69, 9.17) is 4.74 Å². The van der Waals surface area contributed by atoms with Crippen LogP contribution in [0.2, 0.25) is 0 Å². The highest BCUT2D eigenvalue weighted by Crippen LogP contribution is 2.30. The molecule has 0 aliphatic carbocycles. The van der Waals surface area contributed by atoms with Gasteiger partial charge in [-0.1, -0.05) is 42.5 Å². The molecule has 6 heteroatoms. The monoisotopic (exact) mass is 441 g/mol. The van der Waals surface area contributed by atoms with E-state index in [1.807, 2.05) is 24.5 Å². The first kappa shape index (κ1) is 21.3. The van der Waals surface area contributed by atoms with Gasteiger partial charge < -0.3 is 9.64 Å². The largest absolute Gasteiger partial charge is 0.495 e. The molecule has 2 aromatic carbocycles. The van der Waals surface area contributed by atoms with Crippen LogP contribution in [0.25, 0.3) is 11.3 Å². The van der Waals surface area contributed by atoms with Gasteiger partial charge in [-0.25, -0.2) is 0 Å². The van der Waals surface area contributed by atoms with Gasteiger partial charge >= 0.3 is 0 Å². The molecule has 0 bridgehead atoms. The van der Waals surface area contributed by atoms with Crippen LogP contribution >= 0.6 is 0 Å². The zero-order valence-electron chi connectivity index (χ0n) is 19.4. The average molecular weight is 442 g/mol. The minimum atomic E-state index is 0.767. The molecule has 2 aliphatic rings. The molecule has 0 amide bonds. The molecule has 1 aromatic heterocycles. The Labute approximate surface area is 196 Å². The maximum atomic E-state index is 5.57. The summed E-state index contributed by atoms with van der Waals surface area (Å²) in [6, 6.07) is 21.3. The van der Waals surface area contributed by atoms with Crippen molar-refractivity contribution in [3.8, 4) is 17.0 Å². The molecule has 1 fully saturated rings. The quantitative estimate of drug-likeness (QED) is 0.572. The van der Waals surface area contributed by atoms with Crippen LogP contribution in [0.5, 0.6) is 5.75 Å². The minimum absolute atomic E-state index is 0.767. The molecular weight excluding hydrogens is 410 g/mol. The summed E-state index contributed by atoms with van der Waals surface area (Å²) in [6.45, 7) is 7.99. The minimum Gasteiger partial charge on any atom is -0.495 e. The number of anilines is 1. The Balaban J connectivity index is 1.35. The van der Waals surface area contributed by atoms with Crippen LogP contribution in [-0.4, -0.2) is 55.6 Å². The van der Waals surface area contributed by atoms with Gasteiger partial charge in [-0.2, -0.15) is 0 Å². The van der Waals surface area contributed by atoms with Crippen molar-refractivity contribution in [2.45, 2.75) is 13.5 Å². The fraction of sp³-hybridized carbons (Fsp3) is 0.296. The summed E-state index contributed by atoms with van der Waals surface area (Å²) in [6.07, 6.45) is 5.86. The molecule has 0 spiro atoms. The molecule has 0 unspecified atom stereocenters. The number of aliphatic imine (C=N–C) groups is 1. The first-order valence-corrected chi connectivity index (χ1v) is 11.6. The van der Waals surface area contributed by atoms with E-state index in [1.54, 1.807) is 7.11 Å². The van der Waals surface area contributed by atoms with E-state index in [-0.39, 0.29) is 0 Å². The molecule has 5 rings (SSSR count). The number of methoxy groups -OCH3 is 1. The second-order valence-electron chi connectivity index (χ2n) is 8.50. The van der Waals surface area contributed by atoms with Gasteiger partial charge in [0, 0.05) is 62.6 Å². The molecule has 0 saturated carbocycles. The summed E-state index contributed by atoms with van der Waals surface area (Å²) in [7, 11) is 1.75. The summed E-state index contributed by atoms with van der Waals surface area (Å²) in [4.78, 5) is 9.23. The molecule has 1 saturated heterocycles. The summed E-state index contributed by atoms with van der Waals surface area (Å²) >= 11 is 0. The third-order valence-corrected chi connectivity index (χ3v) is 6.54.